The molecule has 2 rings (SSSR count). The molecule has 1 aromatic rings. The second kappa shape index (κ2) is 4.88. The summed E-state index contributed by atoms with van der Waals surface area (Å²) in [6.45, 7) is 8.01. The SMILES string of the molecule is C[C@@H](O)c1c(F)cccc1N1CCC(C)(C)CC1. The number of aliphatic hydroxyl groups excluding tert-OH is 1. The number of nitrogens with zero attached hydrogens (tertiary/aromatic N) is 1. The minimum absolute atomic E-state index is 0.313. The van der Waals surface area contributed by atoms with Crippen molar-refractivity contribution in [3.05, 3.63) is 29.6 Å². The molecule has 0 radical (unpaired) electrons. The summed E-state index contributed by atoms with van der Waals surface area (Å²) in [5.41, 5.74) is 1.65. The molecular formula is C15H22FNO. The molecule has 0 amide bonds. The summed E-state index contributed by atoms with van der Waals surface area (Å²) in [7, 11) is 0. The van der Waals surface area contributed by atoms with E-state index in [-0.39, 0.29) is 5.82 Å². The van der Waals surface area contributed by atoms with E-state index < -0.39 is 6.10 Å². The molecule has 100 valence electrons. The molecule has 18 heavy (non-hydrogen) atoms. The van der Waals surface area contributed by atoms with Crippen LogP contribution in [0, 0.1) is 11.2 Å². The van der Waals surface area contributed by atoms with Gasteiger partial charge in [0.05, 0.1) is 6.10 Å². The molecule has 2 nitrogen and oxygen atoms in total. The van der Waals surface area contributed by atoms with Crippen LogP contribution in [0.2, 0.25) is 0 Å². The smallest absolute Gasteiger partial charge is 0.131 e. The van der Waals surface area contributed by atoms with Gasteiger partial charge in [0.25, 0.3) is 0 Å². The van der Waals surface area contributed by atoms with Gasteiger partial charge in [0.2, 0.25) is 0 Å². The predicted octanol–water partition coefficient (Wildman–Crippen LogP) is 3.51. The molecular weight excluding hydrogens is 229 g/mol. The summed E-state index contributed by atoms with van der Waals surface area (Å²) in [5, 5.41) is 9.75. The molecule has 0 spiro atoms. The highest BCUT2D eigenvalue weighted by Crippen LogP contribution is 2.35. The lowest BCUT2D eigenvalue weighted by molar-refractivity contribution is 0.194. The third-order valence-corrected chi connectivity index (χ3v) is 3.91. The minimum Gasteiger partial charge on any atom is -0.389 e. The summed E-state index contributed by atoms with van der Waals surface area (Å²) in [6.07, 6.45) is 1.43. The molecule has 0 aromatic heterocycles. The quantitative estimate of drug-likeness (QED) is 0.869. The van der Waals surface area contributed by atoms with Gasteiger partial charge in [-0.2, -0.15) is 0 Å². The highest BCUT2D eigenvalue weighted by molar-refractivity contribution is 5.55. The Bertz CT molecular complexity index is 419. The van der Waals surface area contributed by atoms with Crippen LogP contribution in [-0.4, -0.2) is 18.2 Å². The van der Waals surface area contributed by atoms with Gasteiger partial charge in [0, 0.05) is 24.3 Å². The molecule has 1 aliphatic rings. The normalized spacial score (nSPS) is 20.8. The van der Waals surface area contributed by atoms with Crippen LogP contribution >= 0.6 is 0 Å². The van der Waals surface area contributed by atoms with Crippen molar-refractivity contribution < 1.29 is 9.50 Å². The van der Waals surface area contributed by atoms with Crippen molar-refractivity contribution in [3.8, 4) is 0 Å². The van der Waals surface area contributed by atoms with E-state index in [1.807, 2.05) is 6.07 Å². The number of benzene rings is 1. The van der Waals surface area contributed by atoms with E-state index in [2.05, 4.69) is 18.7 Å². The zero-order valence-electron chi connectivity index (χ0n) is 11.4. The summed E-state index contributed by atoms with van der Waals surface area (Å²) in [6, 6.07) is 5.04. The molecule has 1 aliphatic heterocycles. The topological polar surface area (TPSA) is 23.5 Å². The molecule has 0 unspecified atom stereocenters. The van der Waals surface area contributed by atoms with Crippen molar-refractivity contribution in [2.24, 2.45) is 5.41 Å². The number of rotatable bonds is 2. The standard InChI is InChI=1S/C15H22FNO/c1-11(18)14-12(16)5-4-6-13(14)17-9-7-15(2,3)8-10-17/h4-6,11,18H,7-10H2,1-3H3/t11-/m1/s1. The van der Waals surface area contributed by atoms with E-state index in [0.717, 1.165) is 31.6 Å². The first-order chi connectivity index (χ1) is 8.41. The fourth-order valence-electron chi connectivity index (χ4n) is 2.57. The van der Waals surface area contributed by atoms with Crippen LogP contribution < -0.4 is 4.90 Å². The lowest BCUT2D eigenvalue weighted by Crippen LogP contribution is -2.38. The molecule has 1 fully saturated rings. The van der Waals surface area contributed by atoms with Crippen molar-refractivity contribution in [2.75, 3.05) is 18.0 Å². The Labute approximate surface area is 108 Å². The number of halogens is 1. The van der Waals surface area contributed by atoms with Crippen molar-refractivity contribution in [2.45, 2.75) is 39.7 Å². The van der Waals surface area contributed by atoms with Crippen LogP contribution in [0.3, 0.4) is 0 Å². The summed E-state index contributed by atoms with van der Waals surface area (Å²) in [5.74, 6) is -0.313. The molecule has 0 saturated carbocycles. The lowest BCUT2D eigenvalue weighted by Gasteiger charge is -2.39. The number of hydrogen-bond donors (Lipinski definition) is 1. The third-order valence-electron chi connectivity index (χ3n) is 3.91. The first kappa shape index (κ1) is 13.3. The van der Waals surface area contributed by atoms with Crippen molar-refractivity contribution in [3.63, 3.8) is 0 Å². The monoisotopic (exact) mass is 251 g/mol. The van der Waals surface area contributed by atoms with E-state index in [0.29, 0.717) is 11.0 Å². The fraction of sp³-hybridized carbons (Fsp3) is 0.600. The molecule has 1 N–H and O–H groups in total. The van der Waals surface area contributed by atoms with Crippen LogP contribution in [0.15, 0.2) is 18.2 Å². The molecule has 1 heterocycles. The first-order valence-electron chi connectivity index (χ1n) is 6.62. The number of aliphatic hydroxyl groups is 1. The summed E-state index contributed by atoms with van der Waals surface area (Å²) < 4.78 is 13.8. The van der Waals surface area contributed by atoms with Crippen LogP contribution in [0.25, 0.3) is 0 Å². The van der Waals surface area contributed by atoms with Gasteiger partial charge in [-0.3, -0.25) is 0 Å². The summed E-state index contributed by atoms with van der Waals surface area (Å²) in [4.78, 5) is 2.19. The van der Waals surface area contributed by atoms with Crippen molar-refractivity contribution >= 4 is 5.69 Å². The molecule has 3 heteroatoms. The number of hydrogen-bond acceptors (Lipinski definition) is 2. The molecule has 1 atom stereocenters. The maximum absolute atomic E-state index is 13.8. The maximum Gasteiger partial charge on any atom is 0.131 e. The van der Waals surface area contributed by atoms with Gasteiger partial charge in [0.15, 0.2) is 0 Å². The highest BCUT2D eigenvalue weighted by atomic mass is 19.1. The van der Waals surface area contributed by atoms with Gasteiger partial charge in [-0.25, -0.2) is 4.39 Å². The predicted molar refractivity (Wildman–Crippen MR) is 72.3 cm³/mol. The second-order valence-corrected chi connectivity index (χ2v) is 6.00. The lowest BCUT2D eigenvalue weighted by atomic mass is 9.82. The maximum atomic E-state index is 13.8. The van der Waals surface area contributed by atoms with E-state index in [1.165, 1.54) is 6.07 Å². The Morgan fingerprint density at radius 2 is 1.89 bits per heavy atom. The van der Waals surface area contributed by atoms with E-state index >= 15 is 0 Å². The zero-order chi connectivity index (χ0) is 13.3. The van der Waals surface area contributed by atoms with E-state index in [9.17, 15) is 9.50 Å². The Balaban J connectivity index is 2.27. The van der Waals surface area contributed by atoms with Gasteiger partial charge < -0.3 is 10.0 Å². The van der Waals surface area contributed by atoms with E-state index in [4.69, 9.17) is 0 Å². The van der Waals surface area contributed by atoms with E-state index in [1.54, 1.807) is 13.0 Å². The van der Waals surface area contributed by atoms with Crippen LogP contribution in [0.4, 0.5) is 10.1 Å². The Kier molecular flexibility index (Phi) is 3.62. The molecule has 1 saturated heterocycles. The largest absolute Gasteiger partial charge is 0.389 e. The average molecular weight is 251 g/mol. The van der Waals surface area contributed by atoms with Crippen molar-refractivity contribution in [1.82, 2.24) is 0 Å². The molecule has 0 aliphatic carbocycles. The molecule has 0 bridgehead atoms. The zero-order valence-corrected chi connectivity index (χ0v) is 11.4. The van der Waals surface area contributed by atoms with Crippen LogP contribution in [0.5, 0.6) is 0 Å². The fourth-order valence-corrected chi connectivity index (χ4v) is 2.57. The minimum atomic E-state index is -0.767. The first-order valence-corrected chi connectivity index (χ1v) is 6.62. The van der Waals surface area contributed by atoms with Crippen molar-refractivity contribution in [1.29, 1.82) is 0 Å². The van der Waals surface area contributed by atoms with Gasteiger partial charge in [-0.05, 0) is 37.3 Å². The average Bonchev–Trinajstić information content (AvgIpc) is 2.28. The van der Waals surface area contributed by atoms with Gasteiger partial charge >= 0.3 is 0 Å². The Morgan fingerprint density at radius 3 is 2.44 bits per heavy atom. The van der Waals surface area contributed by atoms with Crippen LogP contribution in [0.1, 0.15) is 45.3 Å². The second-order valence-electron chi connectivity index (χ2n) is 6.00. The number of piperidine rings is 1. The van der Waals surface area contributed by atoms with Gasteiger partial charge in [-0.15, -0.1) is 0 Å². The van der Waals surface area contributed by atoms with Gasteiger partial charge in [0.1, 0.15) is 5.82 Å². The van der Waals surface area contributed by atoms with Crippen LogP contribution in [-0.2, 0) is 0 Å². The highest BCUT2D eigenvalue weighted by Gasteiger charge is 2.27. The van der Waals surface area contributed by atoms with Gasteiger partial charge in [-0.1, -0.05) is 19.9 Å². The Hall–Kier alpha value is -1.09. The third kappa shape index (κ3) is 2.66. The molecule has 1 aromatic carbocycles. The summed E-state index contributed by atoms with van der Waals surface area (Å²) >= 11 is 0. The Morgan fingerprint density at radius 1 is 1.28 bits per heavy atom. The number of anilines is 1.